The van der Waals surface area contributed by atoms with Crippen molar-refractivity contribution in [1.82, 2.24) is 0 Å². The Hall–Kier alpha value is -1.75. The first-order valence-electron chi connectivity index (χ1n) is 7.05. The molecule has 0 aliphatic carbocycles. The van der Waals surface area contributed by atoms with Crippen LogP contribution in [0.15, 0.2) is 42.5 Å². The van der Waals surface area contributed by atoms with Crippen LogP contribution < -0.4 is 5.32 Å². The first kappa shape index (κ1) is 18.6. The van der Waals surface area contributed by atoms with Gasteiger partial charge >= 0.3 is 5.97 Å². The fourth-order valence-electron chi connectivity index (χ4n) is 1.92. The molecule has 0 radical (unpaired) electrons. The number of esters is 1. The number of rotatable bonds is 5. The largest absolute Gasteiger partial charge is 0.452 e. The highest BCUT2D eigenvalue weighted by Crippen LogP contribution is 2.23. The minimum absolute atomic E-state index is 0.00826. The first-order chi connectivity index (χ1) is 11.3. The lowest BCUT2D eigenvalue weighted by Crippen LogP contribution is -2.30. The summed E-state index contributed by atoms with van der Waals surface area (Å²) in [4.78, 5) is 24.0. The molecule has 0 saturated heterocycles. The molecule has 4 nitrogen and oxygen atoms in total. The molecule has 0 unspecified atom stereocenters. The lowest BCUT2D eigenvalue weighted by molar-refractivity contribution is -0.152. The number of anilines is 1. The SMILES string of the molecule is C[C@@H](OC(=O)Cc1ccc(Cl)c(Cl)c1)C(=O)Nc1cccc(Cl)c1. The van der Waals surface area contributed by atoms with Gasteiger partial charge in [0.15, 0.2) is 6.10 Å². The molecule has 1 N–H and O–H groups in total. The molecule has 0 fully saturated rings. The quantitative estimate of drug-likeness (QED) is 0.754. The van der Waals surface area contributed by atoms with Crippen LogP contribution >= 0.6 is 34.8 Å². The Kier molecular flexibility index (Phi) is 6.49. The second kappa shape index (κ2) is 8.38. The van der Waals surface area contributed by atoms with E-state index < -0.39 is 18.0 Å². The molecule has 0 aliphatic heterocycles. The number of carbonyl (C=O) groups is 2. The van der Waals surface area contributed by atoms with Crippen LogP contribution in [0.25, 0.3) is 0 Å². The number of amides is 1. The molecule has 7 heteroatoms. The van der Waals surface area contributed by atoms with Crippen molar-refractivity contribution in [3.8, 4) is 0 Å². The summed E-state index contributed by atoms with van der Waals surface area (Å²) in [5.74, 6) is -0.984. The maximum atomic E-state index is 12.0. The number of nitrogens with one attached hydrogen (secondary N) is 1. The zero-order chi connectivity index (χ0) is 17.7. The molecule has 1 atom stereocenters. The summed E-state index contributed by atoms with van der Waals surface area (Å²) in [5.41, 5.74) is 1.18. The summed E-state index contributed by atoms with van der Waals surface area (Å²) < 4.78 is 5.13. The Morgan fingerprint density at radius 3 is 2.50 bits per heavy atom. The molecular weight excluding hydrogens is 373 g/mol. The molecule has 0 spiro atoms. The second-order valence-corrected chi connectivity index (χ2v) is 6.31. The lowest BCUT2D eigenvalue weighted by atomic mass is 10.1. The number of halogens is 3. The third kappa shape index (κ3) is 5.41. The molecule has 24 heavy (non-hydrogen) atoms. The number of hydrogen-bond acceptors (Lipinski definition) is 3. The van der Waals surface area contributed by atoms with Crippen LogP contribution in [0.4, 0.5) is 5.69 Å². The average Bonchev–Trinajstić information content (AvgIpc) is 2.50. The van der Waals surface area contributed by atoms with Crippen LogP contribution in [0, 0.1) is 0 Å². The normalized spacial score (nSPS) is 11.7. The van der Waals surface area contributed by atoms with Gasteiger partial charge in [0, 0.05) is 10.7 Å². The standard InChI is InChI=1S/C17H14Cl3NO3/c1-10(17(23)21-13-4-2-3-12(18)9-13)24-16(22)8-11-5-6-14(19)15(20)7-11/h2-7,9-10H,8H2,1H3,(H,21,23)/t10-/m1/s1. The average molecular weight is 387 g/mol. The monoisotopic (exact) mass is 385 g/mol. The Labute approximate surface area is 154 Å². The van der Waals surface area contributed by atoms with Crippen LogP contribution in [0.1, 0.15) is 12.5 Å². The van der Waals surface area contributed by atoms with E-state index in [0.717, 1.165) is 0 Å². The van der Waals surface area contributed by atoms with Crippen LogP contribution in [-0.4, -0.2) is 18.0 Å². The van der Waals surface area contributed by atoms with E-state index >= 15 is 0 Å². The topological polar surface area (TPSA) is 55.4 Å². The fraction of sp³-hybridized carbons (Fsp3) is 0.176. The van der Waals surface area contributed by atoms with Gasteiger partial charge in [-0.05, 0) is 42.8 Å². The molecule has 1 amide bonds. The van der Waals surface area contributed by atoms with E-state index in [1.807, 2.05) is 0 Å². The molecule has 0 saturated carbocycles. The van der Waals surface area contributed by atoms with Gasteiger partial charge in [-0.1, -0.05) is 46.9 Å². The number of hydrogen-bond donors (Lipinski definition) is 1. The van der Waals surface area contributed by atoms with Crippen LogP contribution in [0.2, 0.25) is 15.1 Å². The van der Waals surface area contributed by atoms with Crippen LogP contribution in [0.5, 0.6) is 0 Å². The number of ether oxygens (including phenoxy) is 1. The van der Waals surface area contributed by atoms with Crippen molar-refractivity contribution >= 4 is 52.4 Å². The van der Waals surface area contributed by atoms with Gasteiger partial charge in [0.25, 0.3) is 5.91 Å². The van der Waals surface area contributed by atoms with E-state index in [1.54, 1.807) is 42.5 Å². The molecule has 0 heterocycles. The van der Waals surface area contributed by atoms with Gasteiger partial charge in [-0.3, -0.25) is 9.59 Å². The minimum Gasteiger partial charge on any atom is -0.452 e. The molecule has 2 aromatic rings. The van der Waals surface area contributed by atoms with E-state index in [1.165, 1.54) is 6.92 Å². The predicted octanol–water partition coefficient (Wildman–Crippen LogP) is 4.76. The predicted molar refractivity (Wildman–Crippen MR) is 95.8 cm³/mol. The summed E-state index contributed by atoms with van der Waals surface area (Å²) in [6.07, 6.45) is -0.953. The summed E-state index contributed by atoms with van der Waals surface area (Å²) in [6.45, 7) is 1.49. The summed E-state index contributed by atoms with van der Waals surface area (Å²) in [6, 6.07) is 11.5. The molecule has 0 aromatic heterocycles. The van der Waals surface area contributed by atoms with Gasteiger partial charge in [-0.15, -0.1) is 0 Å². The highest BCUT2D eigenvalue weighted by Gasteiger charge is 2.18. The zero-order valence-corrected chi connectivity index (χ0v) is 15.0. The van der Waals surface area contributed by atoms with Gasteiger partial charge in [-0.25, -0.2) is 0 Å². The van der Waals surface area contributed by atoms with Gasteiger partial charge < -0.3 is 10.1 Å². The highest BCUT2D eigenvalue weighted by molar-refractivity contribution is 6.42. The molecule has 0 aliphatic rings. The smallest absolute Gasteiger partial charge is 0.311 e. The van der Waals surface area contributed by atoms with Crippen molar-refractivity contribution in [1.29, 1.82) is 0 Å². The van der Waals surface area contributed by atoms with Crippen molar-refractivity contribution in [2.45, 2.75) is 19.4 Å². The van der Waals surface area contributed by atoms with Gasteiger partial charge in [0.1, 0.15) is 0 Å². The molecule has 2 aromatic carbocycles. The minimum atomic E-state index is -0.945. The number of benzene rings is 2. The Morgan fingerprint density at radius 2 is 1.83 bits per heavy atom. The van der Waals surface area contributed by atoms with E-state index in [9.17, 15) is 9.59 Å². The highest BCUT2D eigenvalue weighted by atomic mass is 35.5. The zero-order valence-electron chi connectivity index (χ0n) is 12.7. The Balaban J connectivity index is 1.90. The molecular formula is C17H14Cl3NO3. The van der Waals surface area contributed by atoms with Crippen molar-refractivity contribution in [2.24, 2.45) is 0 Å². The maximum Gasteiger partial charge on any atom is 0.311 e. The van der Waals surface area contributed by atoms with Crippen molar-refractivity contribution in [2.75, 3.05) is 5.32 Å². The van der Waals surface area contributed by atoms with Gasteiger partial charge in [-0.2, -0.15) is 0 Å². The molecule has 126 valence electrons. The maximum absolute atomic E-state index is 12.0. The fourth-order valence-corrected chi connectivity index (χ4v) is 2.43. The van der Waals surface area contributed by atoms with Gasteiger partial charge in [0.05, 0.1) is 16.5 Å². The van der Waals surface area contributed by atoms with Crippen LogP contribution in [-0.2, 0) is 20.7 Å². The van der Waals surface area contributed by atoms with Crippen molar-refractivity contribution < 1.29 is 14.3 Å². The Morgan fingerprint density at radius 1 is 1.08 bits per heavy atom. The first-order valence-corrected chi connectivity index (χ1v) is 8.18. The third-order valence-electron chi connectivity index (χ3n) is 3.10. The van der Waals surface area contributed by atoms with Gasteiger partial charge in [0.2, 0.25) is 0 Å². The third-order valence-corrected chi connectivity index (χ3v) is 4.08. The van der Waals surface area contributed by atoms with E-state index in [4.69, 9.17) is 39.5 Å². The lowest BCUT2D eigenvalue weighted by Gasteiger charge is -2.14. The number of carbonyl (C=O) groups excluding carboxylic acids is 2. The van der Waals surface area contributed by atoms with Crippen molar-refractivity contribution in [3.05, 3.63) is 63.1 Å². The summed E-state index contributed by atoms with van der Waals surface area (Å²) in [7, 11) is 0. The van der Waals surface area contributed by atoms with E-state index in [2.05, 4.69) is 5.32 Å². The Bertz CT molecular complexity index is 764. The second-order valence-electron chi connectivity index (χ2n) is 5.06. The van der Waals surface area contributed by atoms with E-state index in [-0.39, 0.29) is 6.42 Å². The molecule has 2 rings (SSSR count). The summed E-state index contributed by atoms with van der Waals surface area (Å²) >= 11 is 17.6. The van der Waals surface area contributed by atoms with Crippen molar-refractivity contribution in [3.63, 3.8) is 0 Å². The molecule has 0 bridgehead atoms. The van der Waals surface area contributed by atoms with Crippen LogP contribution in [0.3, 0.4) is 0 Å². The summed E-state index contributed by atoms with van der Waals surface area (Å²) in [5, 5.41) is 3.89. The van der Waals surface area contributed by atoms with E-state index in [0.29, 0.717) is 26.3 Å².